The van der Waals surface area contributed by atoms with Gasteiger partial charge in [0.15, 0.2) is 0 Å². The van der Waals surface area contributed by atoms with E-state index in [1.54, 1.807) is 57.2 Å². The normalized spacial score (nSPS) is 13.1. The van der Waals surface area contributed by atoms with Crippen LogP contribution in [0.3, 0.4) is 0 Å². The Morgan fingerprint density at radius 1 is 1.14 bits per heavy atom. The standard InChI is InChI=1S/C20H22BNO6/c1-20(2,3)28-18(23)11-22-19(24)13-4-6-15(7-5-13)27-16-8-9-17-14(10-16)12-26-21(17)25/h4-10,25H,11-12H2,1-3H3,(H,22,24). The van der Waals surface area contributed by atoms with Gasteiger partial charge < -0.3 is 24.5 Å². The second kappa shape index (κ2) is 8.04. The summed E-state index contributed by atoms with van der Waals surface area (Å²) in [6.07, 6.45) is 0. The highest BCUT2D eigenvalue weighted by atomic mass is 16.6. The molecule has 28 heavy (non-hydrogen) atoms. The molecular weight excluding hydrogens is 361 g/mol. The second-order valence-corrected chi connectivity index (χ2v) is 7.42. The lowest BCUT2D eigenvalue weighted by Crippen LogP contribution is -2.34. The fraction of sp³-hybridized carbons (Fsp3) is 0.300. The maximum atomic E-state index is 12.1. The van der Waals surface area contributed by atoms with Crippen LogP contribution in [0.4, 0.5) is 0 Å². The van der Waals surface area contributed by atoms with Gasteiger partial charge in [-0.3, -0.25) is 9.59 Å². The van der Waals surface area contributed by atoms with E-state index in [2.05, 4.69) is 5.32 Å². The van der Waals surface area contributed by atoms with Crippen LogP contribution >= 0.6 is 0 Å². The molecule has 0 spiro atoms. The zero-order valence-corrected chi connectivity index (χ0v) is 16.0. The molecule has 0 aromatic heterocycles. The lowest BCUT2D eigenvalue weighted by Gasteiger charge is -2.19. The summed E-state index contributed by atoms with van der Waals surface area (Å²) in [4.78, 5) is 23.8. The van der Waals surface area contributed by atoms with Crippen molar-refractivity contribution in [3.63, 3.8) is 0 Å². The molecule has 8 heteroatoms. The molecule has 0 saturated heterocycles. The fourth-order valence-corrected chi connectivity index (χ4v) is 2.71. The zero-order valence-electron chi connectivity index (χ0n) is 16.0. The molecule has 1 aliphatic rings. The van der Waals surface area contributed by atoms with Gasteiger partial charge in [0.2, 0.25) is 0 Å². The molecule has 3 rings (SSSR count). The molecule has 0 atom stereocenters. The molecule has 1 amide bonds. The number of fused-ring (bicyclic) bond motifs is 1. The van der Waals surface area contributed by atoms with Crippen molar-refractivity contribution < 1.29 is 28.7 Å². The third kappa shape index (κ3) is 5.12. The van der Waals surface area contributed by atoms with E-state index in [0.717, 1.165) is 11.0 Å². The number of rotatable bonds is 5. The summed E-state index contributed by atoms with van der Waals surface area (Å²) in [5, 5.41) is 12.2. The number of amides is 1. The zero-order chi connectivity index (χ0) is 20.3. The van der Waals surface area contributed by atoms with Gasteiger partial charge in [0.1, 0.15) is 23.6 Å². The molecule has 7 nitrogen and oxygen atoms in total. The second-order valence-electron chi connectivity index (χ2n) is 7.42. The number of carbonyl (C=O) groups is 2. The smallest absolute Gasteiger partial charge is 0.459 e. The summed E-state index contributed by atoms with van der Waals surface area (Å²) in [6, 6.07) is 11.9. The monoisotopic (exact) mass is 383 g/mol. The van der Waals surface area contributed by atoms with Crippen LogP contribution in [0.25, 0.3) is 0 Å². The number of hydrogen-bond acceptors (Lipinski definition) is 6. The van der Waals surface area contributed by atoms with Crippen LogP contribution in [-0.4, -0.2) is 36.2 Å². The summed E-state index contributed by atoms with van der Waals surface area (Å²) in [5.74, 6) is 0.300. The Morgan fingerprint density at radius 3 is 2.50 bits per heavy atom. The molecule has 2 aromatic rings. The average Bonchev–Trinajstić information content (AvgIpc) is 2.99. The summed E-state index contributed by atoms with van der Waals surface area (Å²) in [7, 11) is -0.887. The van der Waals surface area contributed by atoms with Crippen molar-refractivity contribution in [2.75, 3.05) is 6.54 Å². The molecule has 0 unspecified atom stereocenters. The third-order valence-electron chi connectivity index (χ3n) is 3.94. The number of nitrogens with one attached hydrogen (secondary N) is 1. The van der Waals surface area contributed by atoms with Crippen molar-refractivity contribution >= 4 is 24.5 Å². The van der Waals surface area contributed by atoms with Gasteiger partial charge in [0.25, 0.3) is 5.91 Å². The van der Waals surface area contributed by atoms with Crippen molar-refractivity contribution in [2.24, 2.45) is 0 Å². The van der Waals surface area contributed by atoms with Crippen molar-refractivity contribution in [2.45, 2.75) is 33.0 Å². The highest BCUT2D eigenvalue weighted by Gasteiger charge is 2.27. The number of carbonyl (C=O) groups excluding carboxylic acids is 2. The average molecular weight is 383 g/mol. The lowest BCUT2D eigenvalue weighted by molar-refractivity contribution is -0.153. The lowest BCUT2D eigenvalue weighted by atomic mass is 9.80. The van der Waals surface area contributed by atoms with Gasteiger partial charge in [-0.05, 0) is 68.2 Å². The van der Waals surface area contributed by atoms with E-state index < -0.39 is 18.7 Å². The van der Waals surface area contributed by atoms with E-state index in [0.29, 0.717) is 23.7 Å². The molecule has 1 heterocycles. The summed E-state index contributed by atoms with van der Waals surface area (Å²) in [5.41, 5.74) is 1.43. The number of benzene rings is 2. The Bertz CT molecular complexity index is 875. The predicted octanol–water partition coefficient (Wildman–Crippen LogP) is 1.77. The first-order chi connectivity index (χ1) is 13.2. The van der Waals surface area contributed by atoms with Crippen molar-refractivity contribution in [3.8, 4) is 11.5 Å². The summed E-state index contributed by atoms with van der Waals surface area (Å²) >= 11 is 0. The Morgan fingerprint density at radius 2 is 1.82 bits per heavy atom. The Hall–Kier alpha value is -2.84. The maximum Gasteiger partial charge on any atom is 0.491 e. The molecular formula is C20H22BNO6. The van der Waals surface area contributed by atoms with E-state index in [-0.39, 0.29) is 12.5 Å². The first kappa shape index (κ1) is 19.9. The van der Waals surface area contributed by atoms with Crippen molar-refractivity contribution in [1.82, 2.24) is 5.32 Å². The van der Waals surface area contributed by atoms with Crippen LogP contribution < -0.4 is 15.5 Å². The number of esters is 1. The highest BCUT2D eigenvalue weighted by Crippen LogP contribution is 2.24. The molecule has 0 aliphatic carbocycles. The number of hydrogen-bond donors (Lipinski definition) is 2. The van der Waals surface area contributed by atoms with Gasteiger partial charge in [0.05, 0.1) is 6.61 Å². The molecule has 2 N–H and O–H groups in total. The predicted molar refractivity (Wildman–Crippen MR) is 104 cm³/mol. The summed E-state index contributed by atoms with van der Waals surface area (Å²) < 4.78 is 16.1. The Balaban J connectivity index is 1.56. The molecule has 0 saturated carbocycles. The van der Waals surface area contributed by atoms with E-state index in [4.69, 9.17) is 14.1 Å². The largest absolute Gasteiger partial charge is 0.491 e. The minimum absolute atomic E-state index is 0.197. The van der Waals surface area contributed by atoms with Crippen LogP contribution in [-0.2, 0) is 20.8 Å². The molecule has 146 valence electrons. The Kier molecular flexibility index (Phi) is 5.72. The van der Waals surface area contributed by atoms with Crippen molar-refractivity contribution in [3.05, 3.63) is 53.6 Å². The van der Waals surface area contributed by atoms with Crippen LogP contribution in [0.15, 0.2) is 42.5 Å². The highest BCUT2D eigenvalue weighted by molar-refractivity contribution is 6.61. The van der Waals surface area contributed by atoms with Crippen LogP contribution in [0.5, 0.6) is 11.5 Å². The first-order valence-electron chi connectivity index (χ1n) is 8.92. The van der Waals surface area contributed by atoms with Gasteiger partial charge in [-0.2, -0.15) is 0 Å². The molecule has 0 radical (unpaired) electrons. The van der Waals surface area contributed by atoms with Gasteiger partial charge >= 0.3 is 13.1 Å². The van der Waals surface area contributed by atoms with Crippen LogP contribution in [0.1, 0.15) is 36.7 Å². The topological polar surface area (TPSA) is 94.1 Å². The van der Waals surface area contributed by atoms with Gasteiger partial charge in [0, 0.05) is 5.56 Å². The van der Waals surface area contributed by atoms with Gasteiger partial charge in [-0.1, -0.05) is 6.07 Å². The molecule has 1 aliphatic heterocycles. The minimum Gasteiger partial charge on any atom is -0.459 e. The van der Waals surface area contributed by atoms with Crippen LogP contribution in [0, 0.1) is 0 Å². The number of ether oxygens (including phenoxy) is 2. The summed E-state index contributed by atoms with van der Waals surface area (Å²) in [6.45, 7) is 5.44. The first-order valence-corrected chi connectivity index (χ1v) is 8.92. The quantitative estimate of drug-likeness (QED) is 0.604. The molecule has 2 aromatic carbocycles. The van der Waals surface area contributed by atoms with E-state index in [1.165, 1.54) is 0 Å². The minimum atomic E-state index is -0.887. The molecule has 0 bridgehead atoms. The third-order valence-corrected chi connectivity index (χ3v) is 3.94. The SMILES string of the molecule is CC(C)(C)OC(=O)CNC(=O)c1ccc(Oc2ccc3c(c2)COB3O)cc1. The Labute approximate surface area is 163 Å². The molecule has 0 fully saturated rings. The van der Waals surface area contributed by atoms with E-state index in [1.807, 2.05) is 6.07 Å². The maximum absolute atomic E-state index is 12.1. The van der Waals surface area contributed by atoms with E-state index in [9.17, 15) is 14.6 Å². The van der Waals surface area contributed by atoms with E-state index >= 15 is 0 Å². The van der Waals surface area contributed by atoms with Crippen molar-refractivity contribution in [1.29, 1.82) is 0 Å². The van der Waals surface area contributed by atoms with Crippen LogP contribution in [0.2, 0.25) is 0 Å². The van der Waals surface area contributed by atoms with Gasteiger partial charge in [-0.15, -0.1) is 0 Å². The van der Waals surface area contributed by atoms with Gasteiger partial charge in [-0.25, -0.2) is 0 Å². The fourth-order valence-electron chi connectivity index (χ4n) is 2.71.